The number of carbonyl (C=O) groups is 2. The van der Waals surface area contributed by atoms with Gasteiger partial charge in [-0.25, -0.2) is 4.79 Å². The fourth-order valence-electron chi connectivity index (χ4n) is 4.31. The van der Waals surface area contributed by atoms with Crippen molar-refractivity contribution in [3.63, 3.8) is 0 Å². The number of carboxylic acids is 1. The van der Waals surface area contributed by atoms with Crippen molar-refractivity contribution in [2.24, 2.45) is 11.8 Å². The molecule has 2 atom stereocenters. The van der Waals surface area contributed by atoms with E-state index in [0.29, 0.717) is 11.7 Å². The summed E-state index contributed by atoms with van der Waals surface area (Å²) < 4.78 is 5.82. The Morgan fingerprint density at radius 3 is 2.31 bits per heavy atom. The largest absolute Gasteiger partial charge is 0.478 e. The molecule has 32 heavy (non-hydrogen) atoms. The molecule has 0 unspecified atom stereocenters. The number of ketones is 1. The fraction of sp³-hybridized carbons (Fsp3) is 0.462. The summed E-state index contributed by atoms with van der Waals surface area (Å²) in [6, 6.07) is 12.0. The summed E-state index contributed by atoms with van der Waals surface area (Å²) >= 11 is 1.67. The summed E-state index contributed by atoms with van der Waals surface area (Å²) in [5, 5.41) is 12.8. The molecule has 0 radical (unpaired) electrons. The standard InChI is InChI=1S/C26H33NO4S/c1-16-12-18(13-17(2)24(16)31-26(3,4)25(29)30)6-7-20-14-27-15-22(20)23(28)19-8-10-21(32-5)11-9-19/h8-13,20,22,27H,6-7,14-15H2,1-5H3,(H,29,30)/t20-,22-/m1/s1. The maximum atomic E-state index is 13.1. The van der Waals surface area contributed by atoms with Crippen molar-refractivity contribution < 1.29 is 19.4 Å². The number of benzene rings is 2. The predicted molar refractivity (Wildman–Crippen MR) is 129 cm³/mol. The minimum absolute atomic E-state index is 0.00343. The average Bonchev–Trinajstić information content (AvgIpc) is 3.23. The SMILES string of the molecule is CSc1ccc(C(=O)[C@@H]2CNC[C@H]2CCc2cc(C)c(OC(C)(C)C(=O)O)c(C)c2)cc1. The Balaban J connectivity index is 1.67. The number of thioether (sulfide) groups is 1. The molecule has 0 aromatic heterocycles. The highest BCUT2D eigenvalue weighted by Crippen LogP contribution is 2.31. The Labute approximate surface area is 194 Å². The first kappa shape index (κ1) is 24.3. The van der Waals surface area contributed by atoms with E-state index in [0.717, 1.165) is 47.5 Å². The molecule has 0 saturated carbocycles. The molecule has 0 aliphatic carbocycles. The van der Waals surface area contributed by atoms with Crippen molar-refractivity contribution >= 4 is 23.5 Å². The van der Waals surface area contributed by atoms with Gasteiger partial charge in [0.15, 0.2) is 11.4 Å². The lowest BCUT2D eigenvalue weighted by Gasteiger charge is -2.25. The molecule has 1 heterocycles. The normalized spacial score (nSPS) is 18.5. The molecule has 2 aromatic carbocycles. The third kappa shape index (κ3) is 5.54. The molecule has 1 fully saturated rings. The van der Waals surface area contributed by atoms with Gasteiger partial charge in [0.2, 0.25) is 0 Å². The first-order valence-corrected chi connectivity index (χ1v) is 12.3. The molecule has 3 rings (SSSR count). The predicted octanol–water partition coefficient (Wildman–Crippen LogP) is 4.92. The number of rotatable bonds is 9. The molecule has 1 aliphatic heterocycles. The third-order valence-electron chi connectivity index (χ3n) is 6.25. The molecule has 6 heteroatoms. The lowest BCUT2D eigenvalue weighted by Crippen LogP contribution is -2.38. The molecule has 1 aliphatic rings. The zero-order chi connectivity index (χ0) is 23.5. The maximum absolute atomic E-state index is 13.1. The molecule has 1 saturated heterocycles. The van der Waals surface area contributed by atoms with Crippen LogP contribution in [0.3, 0.4) is 0 Å². The number of nitrogens with one attached hydrogen (secondary N) is 1. The summed E-state index contributed by atoms with van der Waals surface area (Å²) in [7, 11) is 0. The van der Waals surface area contributed by atoms with E-state index < -0.39 is 11.6 Å². The quantitative estimate of drug-likeness (QED) is 0.413. The van der Waals surface area contributed by atoms with Gasteiger partial charge in [0.25, 0.3) is 0 Å². The first-order chi connectivity index (χ1) is 15.1. The van der Waals surface area contributed by atoms with E-state index >= 15 is 0 Å². The van der Waals surface area contributed by atoms with Crippen LogP contribution in [0.1, 0.15) is 47.3 Å². The first-order valence-electron chi connectivity index (χ1n) is 11.0. The second kappa shape index (κ2) is 10.1. The van der Waals surface area contributed by atoms with Gasteiger partial charge in [-0.2, -0.15) is 0 Å². The van der Waals surface area contributed by atoms with Gasteiger partial charge < -0.3 is 15.2 Å². The zero-order valence-electron chi connectivity index (χ0n) is 19.5. The van der Waals surface area contributed by atoms with Crippen LogP contribution in [0.4, 0.5) is 0 Å². The van der Waals surface area contributed by atoms with Crippen molar-refractivity contribution in [1.29, 1.82) is 0 Å². The molecule has 0 bridgehead atoms. The lowest BCUT2D eigenvalue weighted by atomic mass is 9.84. The van der Waals surface area contributed by atoms with Crippen LogP contribution in [0.15, 0.2) is 41.3 Å². The fourth-order valence-corrected chi connectivity index (χ4v) is 4.72. The van der Waals surface area contributed by atoms with E-state index in [2.05, 4.69) is 17.4 Å². The van der Waals surface area contributed by atoms with E-state index in [-0.39, 0.29) is 11.7 Å². The number of aliphatic carboxylic acids is 1. The lowest BCUT2D eigenvalue weighted by molar-refractivity contribution is -0.152. The number of hydrogen-bond donors (Lipinski definition) is 2. The monoisotopic (exact) mass is 455 g/mol. The number of ether oxygens (including phenoxy) is 1. The van der Waals surface area contributed by atoms with Gasteiger partial charge in [0.1, 0.15) is 5.75 Å². The van der Waals surface area contributed by atoms with Crippen LogP contribution >= 0.6 is 11.8 Å². The van der Waals surface area contributed by atoms with Crippen LogP contribution in [0.5, 0.6) is 5.75 Å². The molecular weight excluding hydrogens is 422 g/mol. The average molecular weight is 456 g/mol. The number of carbonyl (C=O) groups excluding carboxylic acids is 1. The van der Waals surface area contributed by atoms with Crippen LogP contribution in [0, 0.1) is 25.7 Å². The highest BCUT2D eigenvalue weighted by Gasteiger charge is 2.33. The molecule has 172 valence electrons. The third-order valence-corrected chi connectivity index (χ3v) is 6.99. The van der Waals surface area contributed by atoms with E-state index in [1.165, 1.54) is 5.56 Å². The second-order valence-electron chi connectivity index (χ2n) is 9.13. The van der Waals surface area contributed by atoms with Gasteiger partial charge in [-0.05, 0) is 88.1 Å². The second-order valence-corrected chi connectivity index (χ2v) is 10.0. The van der Waals surface area contributed by atoms with Crippen LogP contribution < -0.4 is 10.1 Å². The highest BCUT2D eigenvalue weighted by molar-refractivity contribution is 7.98. The number of carboxylic acid groups (broad SMARTS) is 1. The summed E-state index contributed by atoms with van der Waals surface area (Å²) in [5.41, 5.74) is 2.55. The zero-order valence-corrected chi connectivity index (χ0v) is 20.3. The van der Waals surface area contributed by atoms with Crippen LogP contribution in [-0.4, -0.2) is 41.8 Å². The molecule has 0 spiro atoms. The summed E-state index contributed by atoms with van der Waals surface area (Å²) in [4.78, 5) is 25.7. The summed E-state index contributed by atoms with van der Waals surface area (Å²) in [6.45, 7) is 8.59. The van der Waals surface area contributed by atoms with E-state index in [1.807, 2.05) is 44.4 Å². The maximum Gasteiger partial charge on any atom is 0.347 e. The number of Topliss-reactive ketones (excluding diaryl/α,β-unsaturated/α-hetero) is 1. The molecule has 2 aromatic rings. The van der Waals surface area contributed by atoms with Gasteiger partial charge in [0.05, 0.1) is 0 Å². The Bertz CT molecular complexity index is 961. The van der Waals surface area contributed by atoms with E-state index in [1.54, 1.807) is 25.6 Å². The van der Waals surface area contributed by atoms with Crippen molar-refractivity contribution in [1.82, 2.24) is 5.32 Å². The highest BCUT2D eigenvalue weighted by atomic mass is 32.2. The van der Waals surface area contributed by atoms with Crippen molar-refractivity contribution in [3.8, 4) is 5.75 Å². The Morgan fingerprint density at radius 1 is 1.12 bits per heavy atom. The topological polar surface area (TPSA) is 75.6 Å². The van der Waals surface area contributed by atoms with Crippen LogP contribution in [0.2, 0.25) is 0 Å². The molecular formula is C26H33NO4S. The molecule has 2 N–H and O–H groups in total. The van der Waals surface area contributed by atoms with Gasteiger partial charge in [-0.15, -0.1) is 11.8 Å². The van der Waals surface area contributed by atoms with E-state index in [4.69, 9.17) is 4.74 Å². The van der Waals surface area contributed by atoms with Crippen molar-refractivity contribution in [3.05, 3.63) is 58.7 Å². The van der Waals surface area contributed by atoms with Crippen molar-refractivity contribution in [2.75, 3.05) is 19.3 Å². The van der Waals surface area contributed by atoms with Crippen LogP contribution in [0.25, 0.3) is 0 Å². The van der Waals surface area contributed by atoms with Crippen molar-refractivity contribution in [2.45, 2.75) is 51.0 Å². The van der Waals surface area contributed by atoms with Gasteiger partial charge in [-0.1, -0.05) is 24.3 Å². The summed E-state index contributed by atoms with van der Waals surface area (Å²) in [5.74, 6) is 0.152. The number of aryl methyl sites for hydroxylation is 3. The molecule has 5 nitrogen and oxygen atoms in total. The Morgan fingerprint density at radius 2 is 1.75 bits per heavy atom. The molecule has 0 amide bonds. The minimum atomic E-state index is -1.28. The van der Waals surface area contributed by atoms with Gasteiger partial charge in [-0.3, -0.25) is 4.79 Å². The Kier molecular flexibility index (Phi) is 7.67. The summed E-state index contributed by atoms with van der Waals surface area (Å²) in [6.07, 6.45) is 3.82. The van der Waals surface area contributed by atoms with Gasteiger partial charge >= 0.3 is 5.97 Å². The smallest absolute Gasteiger partial charge is 0.347 e. The Hall–Kier alpha value is -2.31. The number of hydrogen-bond acceptors (Lipinski definition) is 5. The van der Waals surface area contributed by atoms with Crippen LogP contribution in [-0.2, 0) is 11.2 Å². The minimum Gasteiger partial charge on any atom is -0.478 e. The van der Waals surface area contributed by atoms with E-state index in [9.17, 15) is 14.7 Å². The van der Waals surface area contributed by atoms with Gasteiger partial charge in [0, 0.05) is 22.9 Å².